The topological polar surface area (TPSA) is 32.3 Å². The summed E-state index contributed by atoms with van der Waals surface area (Å²) in [6.45, 7) is 1.59. The molecule has 0 spiro atoms. The molecule has 16 heavy (non-hydrogen) atoms. The van der Waals surface area contributed by atoms with Crippen LogP contribution >= 0.6 is 0 Å². The Morgan fingerprint density at radius 2 is 1.88 bits per heavy atom. The quantitative estimate of drug-likeness (QED) is 0.805. The summed E-state index contributed by atoms with van der Waals surface area (Å²) in [5.41, 5.74) is 0.670. The van der Waals surface area contributed by atoms with Crippen molar-refractivity contribution in [1.82, 2.24) is 5.32 Å². The molecule has 2 atom stereocenters. The predicted octanol–water partition coefficient (Wildman–Crippen LogP) is 1.65. The lowest BCUT2D eigenvalue weighted by Crippen LogP contribution is -2.36. The molecule has 0 amide bonds. The minimum atomic E-state index is -0.541. The Morgan fingerprint density at radius 3 is 2.50 bits per heavy atom. The summed E-state index contributed by atoms with van der Waals surface area (Å²) in [4.78, 5) is 0. The van der Waals surface area contributed by atoms with Gasteiger partial charge in [0, 0.05) is 25.8 Å². The molecule has 0 radical (unpaired) electrons. The highest BCUT2D eigenvalue weighted by molar-refractivity contribution is 5.23. The molecule has 1 fully saturated rings. The van der Waals surface area contributed by atoms with Crippen molar-refractivity contribution in [2.45, 2.75) is 12.3 Å². The number of rotatable bonds is 2. The highest BCUT2D eigenvalue weighted by atomic mass is 19.1. The van der Waals surface area contributed by atoms with Crippen molar-refractivity contribution in [3.8, 4) is 0 Å². The van der Waals surface area contributed by atoms with Crippen LogP contribution in [0.2, 0.25) is 0 Å². The van der Waals surface area contributed by atoms with Gasteiger partial charge in [0.1, 0.15) is 11.6 Å². The lowest BCUT2D eigenvalue weighted by atomic mass is 9.86. The number of hydrogen-bond donors (Lipinski definition) is 2. The van der Waals surface area contributed by atoms with Crippen LogP contribution in [0, 0.1) is 17.6 Å². The Morgan fingerprint density at radius 1 is 1.19 bits per heavy atom. The van der Waals surface area contributed by atoms with Gasteiger partial charge in [0.2, 0.25) is 0 Å². The maximum absolute atomic E-state index is 13.1. The van der Waals surface area contributed by atoms with Gasteiger partial charge in [-0.05, 0) is 36.0 Å². The summed E-state index contributed by atoms with van der Waals surface area (Å²) in [7, 11) is 0. The van der Waals surface area contributed by atoms with E-state index in [1.165, 1.54) is 12.1 Å². The molecule has 1 aliphatic rings. The second kappa shape index (κ2) is 4.89. The minimum Gasteiger partial charge on any atom is -0.396 e. The van der Waals surface area contributed by atoms with E-state index in [-0.39, 0.29) is 18.4 Å². The van der Waals surface area contributed by atoms with Crippen molar-refractivity contribution >= 4 is 0 Å². The van der Waals surface area contributed by atoms with E-state index in [4.69, 9.17) is 5.11 Å². The molecule has 1 aromatic carbocycles. The molecule has 88 valence electrons. The first-order chi connectivity index (χ1) is 7.69. The molecule has 0 saturated carbocycles. The van der Waals surface area contributed by atoms with Gasteiger partial charge in [-0.1, -0.05) is 0 Å². The molecular weight excluding hydrogens is 212 g/mol. The van der Waals surface area contributed by atoms with E-state index in [2.05, 4.69) is 5.32 Å². The molecule has 1 saturated heterocycles. The maximum Gasteiger partial charge on any atom is 0.126 e. The first-order valence-electron chi connectivity index (χ1n) is 5.46. The van der Waals surface area contributed by atoms with Crippen molar-refractivity contribution < 1.29 is 13.9 Å². The van der Waals surface area contributed by atoms with E-state index < -0.39 is 11.6 Å². The van der Waals surface area contributed by atoms with Gasteiger partial charge in [-0.2, -0.15) is 0 Å². The Labute approximate surface area is 93.3 Å². The Bertz CT molecular complexity index is 350. The Hall–Kier alpha value is -1.00. The van der Waals surface area contributed by atoms with Crippen molar-refractivity contribution in [3.05, 3.63) is 35.4 Å². The fraction of sp³-hybridized carbons (Fsp3) is 0.500. The van der Waals surface area contributed by atoms with Gasteiger partial charge in [0.05, 0.1) is 0 Å². The van der Waals surface area contributed by atoms with Gasteiger partial charge in [-0.3, -0.25) is 0 Å². The highest BCUT2D eigenvalue weighted by Gasteiger charge is 2.23. The molecule has 0 aromatic heterocycles. The summed E-state index contributed by atoms with van der Waals surface area (Å²) in [5.74, 6) is -0.830. The summed E-state index contributed by atoms with van der Waals surface area (Å²) < 4.78 is 26.1. The molecule has 0 aliphatic carbocycles. The number of aliphatic hydroxyl groups is 1. The van der Waals surface area contributed by atoms with Gasteiger partial charge in [-0.15, -0.1) is 0 Å². The van der Waals surface area contributed by atoms with E-state index in [9.17, 15) is 8.78 Å². The van der Waals surface area contributed by atoms with E-state index in [1.54, 1.807) is 0 Å². The molecule has 2 nitrogen and oxygen atoms in total. The molecule has 1 aliphatic heterocycles. The van der Waals surface area contributed by atoms with Gasteiger partial charge < -0.3 is 10.4 Å². The number of piperidine rings is 1. The summed E-state index contributed by atoms with van der Waals surface area (Å²) in [6.07, 6.45) is 0.770. The minimum absolute atomic E-state index is 0.0797. The lowest BCUT2D eigenvalue weighted by Gasteiger charge is -2.29. The third-order valence-corrected chi connectivity index (χ3v) is 3.06. The van der Waals surface area contributed by atoms with Crippen LogP contribution in [0.5, 0.6) is 0 Å². The first-order valence-corrected chi connectivity index (χ1v) is 5.46. The van der Waals surface area contributed by atoms with Crippen LogP contribution in [-0.4, -0.2) is 24.8 Å². The zero-order chi connectivity index (χ0) is 11.5. The Kier molecular flexibility index (Phi) is 3.51. The number of hydrogen-bond acceptors (Lipinski definition) is 2. The van der Waals surface area contributed by atoms with Crippen LogP contribution in [0.25, 0.3) is 0 Å². The van der Waals surface area contributed by atoms with Gasteiger partial charge in [-0.25, -0.2) is 8.78 Å². The van der Waals surface area contributed by atoms with Crippen molar-refractivity contribution in [2.24, 2.45) is 5.92 Å². The fourth-order valence-electron chi connectivity index (χ4n) is 2.23. The molecule has 0 bridgehead atoms. The summed E-state index contributed by atoms with van der Waals surface area (Å²) in [5, 5.41) is 12.2. The molecule has 1 heterocycles. The number of nitrogens with one attached hydrogen (secondary N) is 1. The predicted molar refractivity (Wildman–Crippen MR) is 57.2 cm³/mol. The van der Waals surface area contributed by atoms with E-state index in [0.717, 1.165) is 19.0 Å². The van der Waals surface area contributed by atoms with Crippen LogP contribution in [0.1, 0.15) is 17.9 Å². The third kappa shape index (κ3) is 2.57. The molecular formula is C12H15F2NO. The lowest BCUT2D eigenvalue weighted by molar-refractivity contribution is 0.190. The molecule has 2 N–H and O–H groups in total. The van der Waals surface area contributed by atoms with Crippen LogP contribution in [0.4, 0.5) is 8.78 Å². The van der Waals surface area contributed by atoms with E-state index >= 15 is 0 Å². The van der Waals surface area contributed by atoms with E-state index in [1.807, 2.05) is 0 Å². The molecule has 4 heteroatoms. The molecule has 1 aromatic rings. The van der Waals surface area contributed by atoms with Crippen molar-refractivity contribution in [3.63, 3.8) is 0 Å². The summed E-state index contributed by atoms with van der Waals surface area (Å²) in [6, 6.07) is 3.62. The fourth-order valence-corrected chi connectivity index (χ4v) is 2.23. The largest absolute Gasteiger partial charge is 0.396 e. The van der Waals surface area contributed by atoms with Crippen LogP contribution < -0.4 is 5.32 Å². The first kappa shape index (κ1) is 11.5. The third-order valence-electron chi connectivity index (χ3n) is 3.06. The average Bonchev–Trinajstić information content (AvgIpc) is 2.28. The monoisotopic (exact) mass is 227 g/mol. The Balaban J connectivity index is 2.16. The normalized spacial score (nSPS) is 25.7. The van der Waals surface area contributed by atoms with Crippen LogP contribution in [0.15, 0.2) is 18.2 Å². The van der Waals surface area contributed by atoms with Crippen LogP contribution in [-0.2, 0) is 0 Å². The SMILES string of the molecule is OCC1CNCC(c2cc(F)cc(F)c2)C1. The maximum atomic E-state index is 13.1. The zero-order valence-corrected chi connectivity index (χ0v) is 8.92. The number of aliphatic hydroxyl groups excluding tert-OH is 1. The highest BCUT2D eigenvalue weighted by Crippen LogP contribution is 2.27. The van der Waals surface area contributed by atoms with Crippen molar-refractivity contribution in [2.75, 3.05) is 19.7 Å². The van der Waals surface area contributed by atoms with Crippen molar-refractivity contribution in [1.29, 1.82) is 0 Å². The second-order valence-corrected chi connectivity index (χ2v) is 4.34. The smallest absolute Gasteiger partial charge is 0.126 e. The average molecular weight is 227 g/mol. The summed E-state index contributed by atoms with van der Waals surface area (Å²) >= 11 is 0. The molecule has 2 unspecified atom stereocenters. The number of halogens is 2. The zero-order valence-electron chi connectivity index (χ0n) is 8.92. The second-order valence-electron chi connectivity index (χ2n) is 4.34. The van der Waals surface area contributed by atoms with E-state index in [0.29, 0.717) is 12.1 Å². The van der Waals surface area contributed by atoms with Gasteiger partial charge in [0.15, 0.2) is 0 Å². The molecule has 2 rings (SSSR count). The standard InChI is InChI=1S/C12H15F2NO/c13-11-2-9(3-12(14)4-11)10-1-8(7-16)5-15-6-10/h2-4,8,10,15-16H,1,5-7H2. The number of benzene rings is 1. The van der Waals surface area contributed by atoms with Crippen LogP contribution in [0.3, 0.4) is 0 Å². The van der Waals surface area contributed by atoms with Gasteiger partial charge in [0.25, 0.3) is 0 Å². The van der Waals surface area contributed by atoms with Gasteiger partial charge >= 0.3 is 0 Å².